The second-order valence-corrected chi connectivity index (χ2v) is 7.45. The Kier molecular flexibility index (Phi) is 5.09. The van der Waals surface area contributed by atoms with Crippen LogP contribution < -0.4 is 5.32 Å². The molecule has 130 valence electrons. The van der Waals surface area contributed by atoms with Crippen LogP contribution in [0.25, 0.3) is 0 Å². The zero-order valence-corrected chi connectivity index (χ0v) is 14.3. The summed E-state index contributed by atoms with van der Waals surface area (Å²) in [4.78, 5) is 28.7. The lowest BCUT2D eigenvalue weighted by Crippen LogP contribution is -2.53. The summed E-state index contributed by atoms with van der Waals surface area (Å²) in [6.07, 6.45) is 5.46. The van der Waals surface area contributed by atoms with Crippen molar-refractivity contribution < 1.29 is 14.3 Å². The van der Waals surface area contributed by atoms with E-state index in [0.717, 1.165) is 38.8 Å². The highest BCUT2D eigenvalue weighted by molar-refractivity contribution is 5.81. The molecule has 3 unspecified atom stereocenters. The Hall–Kier alpha value is -1.30. The molecular weight excluding hydrogens is 294 g/mol. The van der Waals surface area contributed by atoms with Gasteiger partial charge < -0.3 is 19.9 Å². The molecule has 0 aromatic heterocycles. The number of carbonyl (C=O) groups is 2. The van der Waals surface area contributed by atoms with Gasteiger partial charge in [0.05, 0.1) is 0 Å². The molecule has 2 heterocycles. The number of alkyl carbamates (subject to hydrolysis) is 1. The van der Waals surface area contributed by atoms with Crippen molar-refractivity contribution >= 4 is 12.0 Å². The lowest BCUT2D eigenvalue weighted by Gasteiger charge is -2.43. The van der Waals surface area contributed by atoms with E-state index in [-0.39, 0.29) is 18.1 Å². The van der Waals surface area contributed by atoms with Crippen molar-refractivity contribution in [2.45, 2.75) is 50.7 Å². The molecule has 1 N–H and O–H groups in total. The maximum absolute atomic E-state index is 12.5. The molecule has 4 atom stereocenters. The van der Waals surface area contributed by atoms with Crippen LogP contribution in [-0.4, -0.2) is 67.7 Å². The first-order chi connectivity index (χ1) is 11.1. The first-order valence-electron chi connectivity index (χ1n) is 8.96. The van der Waals surface area contributed by atoms with Crippen LogP contribution in [0, 0.1) is 11.8 Å². The van der Waals surface area contributed by atoms with E-state index in [9.17, 15) is 9.59 Å². The summed E-state index contributed by atoms with van der Waals surface area (Å²) in [6, 6.07) is 0.293. The fourth-order valence-electron chi connectivity index (χ4n) is 4.45. The van der Waals surface area contributed by atoms with Gasteiger partial charge in [-0.05, 0) is 59.2 Å². The first-order valence-corrected chi connectivity index (χ1v) is 8.96. The summed E-state index contributed by atoms with van der Waals surface area (Å²) in [6.45, 7) is 2.46. The number of rotatable bonds is 5. The highest BCUT2D eigenvalue weighted by Gasteiger charge is 2.52. The van der Waals surface area contributed by atoms with Crippen LogP contribution in [0.3, 0.4) is 0 Å². The standard InChI is InChI=1S/C17H29N3O3/c1-19(2)8-5-7-18-17(22)23-15-11-12-10-13(15)14-6-3-4-9-20(14)16(12)21/h12-15H,3-11H2,1-2H3,(H,18,22)/t12?,13?,14-,15?/m1/s1. The third kappa shape index (κ3) is 3.62. The van der Waals surface area contributed by atoms with Gasteiger partial charge in [-0.25, -0.2) is 4.79 Å². The summed E-state index contributed by atoms with van der Waals surface area (Å²) in [5, 5.41) is 2.84. The van der Waals surface area contributed by atoms with Crippen molar-refractivity contribution in [1.82, 2.24) is 15.1 Å². The van der Waals surface area contributed by atoms with Gasteiger partial charge in [0.2, 0.25) is 5.91 Å². The van der Waals surface area contributed by atoms with Gasteiger partial charge in [-0.2, -0.15) is 0 Å². The Morgan fingerprint density at radius 2 is 2.17 bits per heavy atom. The molecule has 2 bridgehead atoms. The lowest BCUT2D eigenvalue weighted by molar-refractivity contribution is -0.143. The Labute approximate surface area is 138 Å². The number of carbonyl (C=O) groups excluding carboxylic acids is 2. The molecule has 0 aromatic carbocycles. The number of hydrogen-bond donors (Lipinski definition) is 1. The fourth-order valence-corrected chi connectivity index (χ4v) is 4.45. The molecule has 6 nitrogen and oxygen atoms in total. The molecule has 0 radical (unpaired) electrons. The Balaban J connectivity index is 1.51. The second-order valence-electron chi connectivity index (χ2n) is 7.45. The smallest absolute Gasteiger partial charge is 0.407 e. The summed E-state index contributed by atoms with van der Waals surface area (Å²) in [5.41, 5.74) is 0. The number of piperidine rings is 2. The third-order valence-corrected chi connectivity index (χ3v) is 5.54. The molecule has 0 spiro atoms. The van der Waals surface area contributed by atoms with E-state index in [4.69, 9.17) is 4.74 Å². The van der Waals surface area contributed by atoms with Gasteiger partial charge in [0, 0.05) is 31.0 Å². The summed E-state index contributed by atoms with van der Waals surface area (Å²) in [7, 11) is 4.04. The number of ether oxygens (including phenoxy) is 1. The van der Waals surface area contributed by atoms with E-state index in [1.54, 1.807) is 0 Å². The Bertz CT molecular complexity index is 454. The molecule has 3 aliphatic rings. The SMILES string of the molecule is CN(C)CCCNC(=O)OC1CC2CC1[C@H]1CCCCN1C2=O. The van der Waals surface area contributed by atoms with Gasteiger partial charge in [0.15, 0.2) is 0 Å². The number of hydrogen-bond acceptors (Lipinski definition) is 4. The molecule has 23 heavy (non-hydrogen) atoms. The molecule has 3 fully saturated rings. The molecule has 1 aliphatic carbocycles. The van der Waals surface area contributed by atoms with E-state index < -0.39 is 0 Å². The van der Waals surface area contributed by atoms with Crippen molar-refractivity contribution in [3.8, 4) is 0 Å². The predicted octanol–water partition coefficient (Wildman–Crippen LogP) is 1.45. The Morgan fingerprint density at radius 1 is 1.35 bits per heavy atom. The predicted molar refractivity (Wildman–Crippen MR) is 87.0 cm³/mol. The van der Waals surface area contributed by atoms with Gasteiger partial charge in [0.1, 0.15) is 6.10 Å². The van der Waals surface area contributed by atoms with E-state index >= 15 is 0 Å². The van der Waals surface area contributed by atoms with Gasteiger partial charge in [0.25, 0.3) is 0 Å². The monoisotopic (exact) mass is 323 g/mol. The molecule has 2 amide bonds. The topological polar surface area (TPSA) is 61.9 Å². The molecule has 2 aliphatic heterocycles. The van der Waals surface area contributed by atoms with Crippen molar-refractivity contribution in [2.24, 2.45) is 11.8 Å². The van der Waals surface area contributed by atoms with Crippen LogP contribution in [0.1, 0.15) is 38.5 Å². The third-order valence-electron chi connectivity index (χ3n) is 5.54. The quantitative estimate of drug-likeness (QED) is 0.778. The van der Waals surface area contributed by atoms with Crippen LogP contribution in [-0.2, 0) is 9.53 Å². The maximum Gasteiger partial charge on any atom is 0.407 e. The first kappa shape index (κ1) is 16.6. The van der Waals surface area contributed by atoms with Crippen LogP contribution in [0.2, 0.25) is 0 Å². The number of fused-ring (bicyclic) bond motifs is 4. The average Bonchev–Trinajstić information content (AvgIpc) is 2.90. The van der Waals surface area contributed by atoms with Gasteiger partial charge in [-0.15, -0.1) is 0 Å². The second kappa shape index (κ2) is 7.07. The van der Waals surface area contributed by atoms with Crippen molar-refractivity contribution in [1.29, 1.82) is 0 Å². The van der Waals surface area contributed by atoms with E-state index in [2.05, 4.69) is 15.1 Å². The largest absolute Gasteiger partial charge is 0.446 e. The molecule has 6 heteroatoms. The molecular formula is C17H29N3O3. The molecule has 1 saturated carbocycles. The summed E-state index contributed by atoms with van der Waals surface area (Å²) >= 11 is 0. The minimum Gasteiger partial charge on any atom is -0.446 e. The van der Waals surface area contributed by atoms with Crippen LogP contribution in [0.4, 0.5) is 4.79 Å². The maximum atomic E-state index is 12.5. The van der Waals surface area contributed by atoms with E-state index in [1.807, 2.05) is 14.1 Å². The van der Waals surface area contributed by atoms with Crippen LogP contribution >= 0.6 is 0 Å². The normalized spacial score (nSPS) is 32.8. The van der Waals surface area contributed by atoms with Gasteiger partial charge in [-0.1, -0.05) is 0 Å². The van der Waals surface area contributed by atoms with Crippen molar-refractivity contribution in [3.05, 3.63) is 0 Å². The zero-order chi connectivity index (χ0) is 16.4. The van der Waals surface area contributed by atoms with Crippen LogP contribution in [0.5, 0.6) is 0 Å². The average molecular weight is 323 g/mol. The molecule has 2 saturated heterocycles. The highest BCUT2D eigenvalue weighted by atomic mass is 16.6. The zero-order valence-electron chi connectivity index (χ0n) is 14.3. The minimum atomic E-state index is -0.323. The van der Waals surface area contributed by atoms with Crippen LogP contribution in [0.15, 0.2) is 0 Å². The number of nitrogens with zero attached hydrogens (tertiary/aromatic N) is 2. The molecule has 3 rings (SSSR count). The van der Waals surface area contributed by atoms with Gasteiger partial charge >= 0.3 is 6.09 Å². The number of nitrogens with one attached hydrogen (secondary N) is 1. The van der Waals surface area contributed by atoms with Crippen molar-refractivity contribution in [2.75, 3.05) is 33.7 Å². The number of amides is 2. The van der Waals surface area contributed by atoms with Crippen molar-refractivity contribution in [3.63, 3.8) is 0 Å². The summed E-state index contributed by atoms with van der Waals surface area (Å²) in [5.74, 6) is 0.704. The lowest BCUT2D eigenvalue weighted by atomic mass is 9.84. The minimum absolute atomic E-state index is 0.0703. The van der Waals surface area contributed by atoms with E-state index in [0.29, 0.717) is 30.8 Å². The van der Waals surface area contributed by atoms with Gasteiger partial charge in [-0.3, -0.25) is 4.79 Å². The fraction of sp³-hybridized carbons (Fsp3) is 0.882. The molecule has 0 aromatic rings. The highest BCUT2D eigenvalue weighted by Crippen LogP contribution is 2.45. The summed E-state index contributed by atoms with van der Waals surface area (Å²) < 4.78 is 5.69. The van der Waals surface area contributed by atoms with E-state index in [1.165, 1.54) is 6.42 Å². The Morgan fingerprint density at radius 3 is 2.96 bits per heavy atom.